The molecule has 0 unspecified atom stereocenters. The van der Waals surface area contributed by atoms with Crippen molar-refractivity contribution in [3.63, 3.8) is 0 Å². The Hall–Kier alpha value is -1.70. The lowest BCUT2D eigenvalue weighted by atomic mass is 9.77. The number of hydrogen-bond acceptors (Lipinski definition) is 5. The van der Waals surface area contributed by atoms with Crippen molar-refractivity contribution in [2.45, 2.75) is 96.2 Å². The molecule has 0 amide bonds. The van der Waals surface area contributed by atoms with E-state index in [9.17, 15) is 0 Å². The van der Waals surface area contributed by atoms with Gasteiger partial charge >= 0.3 is 0 Å². The fourth-order valence-electron chi connectivity index (χ4n) is 8.11. The molecule has 4 heterocycles. The Morgan fingerprint density at radius 2 is 1.41 bits per heavy atom. The highest BCUT2D eigenvalue weighted by molar-refractivity contribution is 4.96. The fraction of sp³-hybridized carbons (Fsp3) is 0.800. The summed E-state index contributed by atoms with van der Waals surface area (Å²) in [5, 5.41) is 0. The molecule has 2 aromatic rings. The second-order valence-electron chi connectivity index (χ2n) is 12.9. The van der Waals surface area contributed by atoms with Gasteiger partial charge in [0.1, 0.15) is 11.6 Å². The van der Waals surface area contributed by atoms with Crippen molar-refractivity contribution >= 4 is 0 Å². The third-order valence-electron chi connectivity index (χ3n) is 10.3. The van der Waals surface area contributed by atoms with Gasteiger partial charge in [-0.05, 0) is 94.7 Å². The molecule has 2 aliphatic heterocycles. The second kappa shape index (κ2) is 12.0. The predicted octanol–water partition coefficient (Wildman–Crippen LogP) is 5.06. The molecule has 6 rings (SSSR count). The maximum absolute atomic E-state index is 4.48. The SMILES string of the molecule is c1c[nH]c(CN(Cc2ncc[nH]2)C[C@H]2CC[C@H](CN3CCC4(CCN(C5CCCCC5)CC4)C3)CC2)n1. The zero-order valence-electron chi connectivity index (χ0n) is 22.9. The molecule has 2 aliphatic carbocycles. The smallest absolute Gasteiger partial charge is 0.120 e. The second-order valence-corrected chi connectivity index (χ2v) is 12.9. The predicted molar refractivity (Wildman–Crippen MR) is 148 cm³/mol. The normalized spacial score (nSPS) is 27.9. The quantitative estimate of drug-likeness (QED) is 0.497. The van der Waals surface area contributed by atoms with Crippen molar-refractivity contribution in [2.75, 3.05) is 39.3 Å². The van der Waals surface area contributed by atoms with E-state index < -0.39 is 0 Å². The lowest BCUT2D eigenvalue weighted by Crippen LogP contribution is -2.46. The van der Waals surface area contributed by atoms with Crippen LogP contribution >= 0.6 is 0 Å². The van der Waals surface area contributed by atoms with Gasteiger partial charge in [-0.15, -0.1) is 0 Å². The summed E-state index contributed by atoms with van der Waals surface area (Å²) in [6, 6.07) is 0.910. The number of likely N-dealkylation sites (tertiary alicyclic amines) is 2. The van der Waals surface area contributed by atoms with Gasteiger partial charge in [0.15, 0.2) is 0 Å². The van der Waals surface area contributed by atoms with Crippen molar-refractivity contribution in [3.8, 4) is 0 Å². The van der Waals surface area contributed by atoms with E-state index in [1.807, 2.05) is 24.8 Å². The van der Waals surface area contributed by atoms with Crippen LogP contribution < -0.4 is 0 Å². The first-order valence-electron chi connectivity index (χ1n) is 15.4. The molecular formula is C30H49N7. The van der Waals surface area contributed by atoms with Gasteiger partial charge in [-0.3, -0.25) is 4.90 Å². The van der Waals surface area contributed by atoms with Gasteiger partial charge in [-0.1, -0.05) is 19.3 Å². The van der Waals surface area contributed by atoms with Gasteiger partial charge in [-0.2, -0.15) is 0 Å². The molecule has 4 aliphatic rings. The van der Waals surface area contributed by atoms with E-state index >= 15 is 0 Å². The molecule has 7 nitrogen and oxygen atoms in total. The number of H-pyrrole nitrogens is 2. The van der Waals surface area contributed by atoms with E-state index in [2.05, 4.69) is 34.6 Å². The molecule has 2 aromatic heterocycles. The van der Waals surface area contributed by atoms with Crippen molar-refractivity contribution in [3.05, 3.63) is 36.4 Å². The summed E-state index contributed by atoms with van der Waals surface area (Å²) < 4.78 is 0. The minimum Gasteiger partial charge on any atom is -0.348 e. The van der Waals surface area contributed by atoms with E-state index in [1.165, 1.54) is 110 Å². The lowest BCUT2D eigenvalue weighted by Gasteiger charge is -2.44. The minimum absolute atomic E-state index is 0.639. The Labute approximate surface area is 223 Å². The molecule has 0 bridgehead atoms. The molecular weight excluding hydrogens is 458 g/mol. The van der Waals surface area contributed by atoms with Crippen molar-refractivity contribution < 1.29 is 0 Å². The number of aromatic nitrogens is 4. The van der Waals surface area contributed by atoms with Crippen LogP contribution in [0.25, 0.3) is 0 Å². The van der Waals surface area contributed by atoms with Gasteiger partial charge < -0.3 is 19.8 Å². The van der Waals surface area contributed by atoms with E-state index in [4.69, 9.17) is 0 Å². The zero-order chi connectivity index (χ0) is 24.9. The third kappa shape index (κ3) is 6.66. The number of imidazole rings is 2. The summed E-state index contributed by atoms with van der Waals surface area (Å²) in [6.45, 7) is 9.69. The highest BCUT2D eigenvalue weighted by atomic mass is 15.2. The largest absolute Gasteiger partial charge is 0.348 e. The van der Waals surface area contributed by atoms with Crippen molar-refractivity contribution in [2.24, 2.45) is 17.3 Å². The molecule has 2 saturated carbocycles. The van der Waals surface area contributed by atoms with Crippen LogP contribution in [0.3, 0.4) is 0 Å². The molecule has 7 heteroatoms. The standard InChI is InChI=1S/C30H49N7/c1-2-4-27(5-3-1)37-18-11-30(12-19-37)10-17-35(24-30)20-25-6-8-26(9-7-25)21-36(22-28-31-13-14-32-28)23-29-33-15-16-34-29/h13-16,25-27H,1-12,17-24H2,(H,31,32)(H,33,34)/t25-,26-. The van der Waals surface area contributed by atoms with Gasteiger partial charge in [0.2, 0.25) is 0 Å². The number of nitrogens with zero attached hydrogens (tertiary/aromatic N) is 5. The van der Waals surface area contributed by atoms with Crippen LogP contribution in [0, 0.1) is 17.3 Å². The molecule has 1 spiro atoms. The average Bonchev–Trinajstić information content (AvgIpc) is 3.71. The van der Waals surface area contributed by atoms with Gasteiger partial charge in [-0.25, -0.2) is 9.97 Å². The molecule has 4 fully saturated rings. The highest BCUT2D eigenvalue weighted by Crippen LogP contribution is 2.42. The van der Waals surface area contributed by atoms with Gasteiger partial charge in [0.05, 0.1) is 13.1 Å². The molecule has 2 saturated heterocycles. The monoisotopic (exact) mass is 507 g/mol. The Bertz CT molecular complexity index is 868. The van der Waals surface area contributed by atoms with Crippen molar-refractivity contribution in [1.82, 2.24) is 34.6 Å². The van der Waals surface area contributed by atoms with Crippen LogP contribution in [0.1, 0.15) is 88.7 Å². The fourth-order valence-corrected chi connectivity index (χ4v) is 8.11. The van der Waals surface area contributed by atoms with E-state index in [0.717, 1.165) is 49.2 Å². The summed E-state index contributed by atoms with van der Waals surface area (Å²) in [5.41, 5.74) is 0.639. The summed E-state index contributed by atoms with van der Waals surface area (Å²) in [7, 11) is 0. The van der Waals surface area contributed by atoms with Crippen LogP contribution in [0.4, 0.5) is 0 Å². The molecule has 0 atom stereocenters. The number of hydrogen-bond donors (Lipinski definition) is 2. The Morgan fingerprint density at radius 3 is 2.03 bits per heavy atom. The Kier molecular flexibility index (Phi) is 8.29. The topological polar surface area (TPSA) is 67.1 Å². The zero-order valence-corrected chi connectivity index (χ0v) is 22.9. The van der Waals surface area contributed by atoms with E-state index in [-0.39, 0.29) is 0 Å². The molecule has 204 valence electrons. The van der Waals surface area contributed by atoms with Crippen LogP contribution in [0.5, 0.6) is 0 Å². The van der Waals surface area contributed by atoms with Crippen molar-refractivity contribution in [1.29, 1.82) is 0 Å². The number of rotatable bonds is 9. The number of piperidine rings is 1. The number of aromatic amines is 2. The van der Waals surface area contributed by atoms with E-state index in [0.29, 0.717) is 5.41 Å². The maximum atomic E-state index is 4.48. The third-order valence-corrected chi connectivity index (χ3v) is 10.3. The van der Waals surface area contributed by atoms with Gasteiger partial charge in [0, 0.05) is 50.5 Å². The summed E-state index contributed by atoms with van der Waals surface area (Å²) >= 11 is 0. The van der Waals surface area contributed by atoms with Crippen LogP contribution in [0.15, 0.2) is 24.8 Å². The summed E-state index contributed by atoms with van der Waals surface area (Å²) in [4.78, 5) is 23.8. The summed E-state index contributed by atoms with van der Waals surface area (Å²) in [6.07, 6.45) is 24.8. The minimum atomic E-state index is 0.639. The average molecular weight is 508 g/mol. The number of nitrogens with one attached hydrogen (secondary N) is 2. The Balaban J connectivity index is 0.936. The van der Waals surface area contributed by atoms with Gasteiger partial charge in [0.25, 0.3) is 0 Å². The van der Waals surface area contributed by atoms with Crippen LogP contribution in [-0.2, 0) is 13.1 Å². The maximum Gasteiger partial charge on any atom is 0.120 e. The Morgan fingerprint density at radius 1 is 0.784 bits per heavy atom. The molecule has 0 aromatic carbocycles. The highest BCUT2D eigenvalue weighted by Gasteiger charge is 2.42. The first-order valence-corrected chi connectivity index (χ1v) is 15.4. The molecule has 37 heavy (non-hydrogen) atoms. The molecule has 0 radical (unpaired) electrons. The lowest BCUT2D eigenvalue weighted by molar-refractivity contribution is 0.0598. The van der Waals surface area contributed by atoms with E-state index in [1.54, 1.807) is 0 Å². The summed E-state index contributed by atoms with van der Waals surface area (Å²) in [5.74, 6) is 3.79. The van der Waals surface area contributed by atoms with Crippen LogP contribution in [0.2, 0.25) is 0 Å². The molecule has 2 N–H and O–H groups in total. The van der Waals surface area contributed by atoms with Crippen LogP contribution in [-0.4, -0.2) is 79.9 Å². The first kappa shape index (κ1) is 25.6. The first-order chi connectivity index (χ1) is 18.2.